The largest absolute Gasteiger partial charge is 0.423 e. The zero-order valence-corrected chi connectivity index (χ0v) is 18.2. The summed E-state index contributed by atoms with van der Waals surface area (Å²) in [5, 5.41) is 11.0. The van der Waals surface area contributed by atoms with E-state index in [1.807, 2.05) is 23.1 Å². The smallest absolute Gasteiger partial charge is 0.369 e. The predicted molar refractivity (Wildman–Crippen MR) is 121 cm³/mol. The van der Waals surface area contributed by atoms with Gasteiger partial charge in [-0.1, -0.05) is 30.3 Å². The number of anilines is 1. The van der Waals surface area contributed by atoms with Crippen LogP contribution in [-0.2, 0) is 12.6 Å². The fourth-order valence-corrected chi connectivity index (χ4v) is 4.25. The van der Waals surface area contributed by atoms with Crippen molar-refractivity contribution in [2.24, 2.45) is 0 Å². The van der Waals surface area contributed by atoms with Crippen molar-refractivity contribution in [1.82, 2.24) is 9.88 Å². The van der Waals surface area contributed by atoms with E-state index < -0.39 is 22.4 Å². The highest BCUT2D eigenvalue weighted by atomic mass is 19.4. The number of rotatable bonds is 6. The van der Waals surface area contributed by atoms with Gasteiger partial charge in [0.1, 0.15) is 5.56 Å². The molecule has 1 fully saturated rings. The number of hydrogen-bond donors (Lipinski definition) is 1. The number of benzene rings is 2. The summed E-state index contributed by atoms with van der Waals surface area (Å²) in [5.74, 6) is 0. The molecule has 2 heterocycles. The monoisotopic (exact) mass is 458 g/mol. The molecule has 4 rings (SSSR count). The number of nitrogens with zero attached hydrogens (tertiary/aromatic N) is 3. The third-order valence-corrected chi connectivity index (χ3v) is 6.12. The molecule has 1 N–H and O–H groups in total. The number of aromatic nitrogens is 1. The van der Waals surface area contributed by atoms with Crippen LogP contribution in [0.2, 0.25) is 0 Å². The van der Waals surface area contributed by atoms with E-state index in [1.165, 1.54) is 11.6 Å². The first-order valence-electron chi connectivity index (χ1n) is 10.8. The topological polar surface area (TPSA) is 65.4 Å². The third kappa shape index (κ3) is 5.19. The third-order valence-electron chi connectivity index (χ3n) is 6.12. The minimum atomic E-state index is -4.77. The highest BCUT2D eigenvalue weighted by Crippen LogP contribution is 2.38. The lowest BCUT2D eigenvalue weighted by Crippen LogP contribution is -2.47. The minimum absolute atomic E-state index is 0.363. The predicted octanol–water partition coefficient (Wildman–Crippen LogP) is 5.28. The Hall–Kier alpha value is -3.33. The Morgan fingerprint density at radius 3 is 2.36 bits per heavy atom. The van der Waals surface area contributed by atoms with Gasteiger partial charge in [-0.2, -0.15) is 13.2 Å². The molecular weight excluding hydrogens is 433 g/mol. The maximum absolute atomic E-state index is 13.3. The van der Waals surface area contributed by atoms with Crippen molar-refractivity contribution in [3.8, 4) is 11.3 Å². The Kier molecular flexibility index (Phi) is 6.42. The van der Waals surface area contributed by atoms with E-state index in [4.69, 9.17) is 0 Å². The highest BCUT2D eigenvalue weighted by molar-refractivity contribution is 5.61. The summed E-state index contributed by atoms with van der Waals surface area (Å²) in [6.07, 6.45) is -3.89. The van der Waals surface area contributed by atoms with Crippen LogP contribution in [0, 0.1) is 17.0 Å². The molecule has 0 aliphatic carbocycles. The second kappa shape index (κ2) is 9.27. The number of aryl methyl sites for hydroxylation is 1. The number of nitro groups is 1. The van der Waals surface area contributed by atoms with Crippen LogP contribution in [0.15, 0.2) is 54.6 Å². The van der Waals surface area contributed by atoms with Crippen molar-refractivity contribution in [1.29, 1.82) is 0 Å². The molecule has 0 saturated carbocycles. The van der Waals surface area contributed by atoms with Gasteiger partial charge in [-0.25, -0.2) is 0 Å². The highest BCUT2D eigenvalue weighted by Gasteiger charge is 2.39. The van der Waals surface area contributed by atoms with Crippen LogP contribution in [0.4, 0.5) is 24.5 Å². The van der Waals surface area contributed by atoms with E-state index in [2.05, 4.69) is 35.0 Å². The lowest BCUT2D eigenvalue weighted by molar-refractivity contribution is -0.388. The number of nitro benzene ring substituents is 1. The molecule has 174 valence electrons. The molecule has 1 aliphatic heterocycles. The molecule has 0 spiro atoms. The van der Waals surface area contributed by atoms with Crippen LogP contribution in [0.5, 0.6) is 0 Å². The Labute approximate surface area is 189 Å². The molecule has 0 radical (unpaired) electrons. The van der Waals surface area contributed by atoms with Crippen LogP contribution >= 0.6 is 0 Å². The average Bonchev–Trinajstić information content (AvgIpc) is 3.18. The number of alkyl halides is 3. The SMILES string of the molecule is Cc1[nH]c(-c2ccccc2)cc1CCN1CCN(c2ccc([N+](=O)[O-])c(C(F)(F)F)c2)CC1. The molecule has 1 aliphatic rings. The lowest BCUT2D eigenvalue weighted by atomic mass is 10.1. The standard InChI is InChI=1S/C24H25F3N4O2/c1-17-19(15-22(28-17)18-5-3-2-4-6-18)9-10-29-11-13-30(14-12-29)20-7-8-23(31(32)33)21(16-20)24(25,26)27/h2-8,15-16,28H,9-14H2,1H3. The molecule has 0 unspecified atom stereocenters. The normalized spacial score (nSPS) is 15.1. The summed E-state index contributed by atoms with van der Waals surface area (Å²) >= 11 is 0. The molecule has 9 heteroatoms. The Morgan fingerprint density at radius 2 is 1.73 bits per heavy atom. The molecule has 0 amide bonds. The van der Waals surface area contributed by atoms with Gasteiger partial charge in [0.05, 0.1) is 4.92 Å². The van der Waals surface area contributed by atoms with E-state index in [1.54, 1.807) is 0 Å². The number of hydrogen-bond acceptors (Lipinski definition) is 4. The molecule has 3 aromatic rings. The van der Waals surface area contributed by atoms with Gasteiger partial charge < -0.3 is 9.88 Å². The Morgan fingerprint density at radius 1 is 1.03 bits per heavy atom. The summed E-state index contributed by atoms with van der Waals surface area (Å²) in [7, 11) is 0. The van der Waals surface area contributed by atoms with Gasteiger partial charge in [-0.15, -0.1) is 0 Å². The number of H-pyrrole nitrogens is 1. The van der Waals surface area contributed by atoms with Crippen LogP contribution < -0.4 is 4.90 Å². The first-order chi connectivity index (χ1) is 15.7. The molecule has 33 heavy (non-hydrogen) atoms. The van der Waals surface area contributed by atoms with E-state index in [9.17, 15) is 23.3 Å². The van der Waals surface area contributed by atoms with Gasteiger partial charge in [0.2, 0.25) is 0 Å². The first-order valence-corrected chi connectivity index (χ1v) is 10.8. The van der Waals surface area contributed by atoms with Crippen molar-refractivity contribution in [3.05, 3.63) is 81.5 Å². The first kappa shape index (κ1) is 22.8. The van der Waals surface area contributed by atoms with Gasteiger partial charge in [-0.3, -0.25) is 15.0 Å². The van der Waals surface area contributed by atoms with Crippen molar-refractivity contribution in [3.63, 3.8) is 0 Å². The molecular formula is C24H25F3N4O2. The summed E-state index contributed by atoms with van der Waals surface area (Å²) in [6.45, 7) is 5.48. The van der Waals surface area contributed by atoms with Gasteiger partial charge in [0, 0.05) is 55.9 Å². The van der Waals surface area contributed by atoms with E-state index in [0.29, 0.717) is 31.9 Å². The zero-order valence-electron chi connectivity index (χ0n) is 18.2. The maximum atomic E-state index is 13.3. The second-order valence-corrected chi connectivity index (χ2v) is 8.23. The van der Waals surface area contributed by atoms with Gasteiger partial charge in [-0.05, 0) is 42.7 Å². The van der Waals surface area contributed by atoms with Crippen LogP contribution in [0.3, 0.4) is 0 Å². The Bertz CT molecular complexity index is 1120. The lowest BCUT2D eigenvalue weighted by Gasteiger charge is -2.36. The number of nitrogens with one attached hydrogen (secondary N) is 1. The fourth-order valence-electron chi connectivity index (χ4n) is 4.25. The average molecular weight is 458 g/mol. The van der Waals surface area contributed by atoms with Crippen LogP contribution in [-0.4, -0.2) is 47.5 Å². The van der Waals surface area contributed by atoms with Crippen molar-refractivity contribution in [2.75, 3.05) is 37.6 Å². The molecule has 6 nitrogen and oxygen atoms in total. The van der Waals surface area contributed by atoms with Crippen molar-refractivity contribution in [2.45, 2.75) is 19.5 Å². The van der Waals surface area contributed by atoms with E-state index in [0.717, 1.165) is 42.0 Å². The summed E-state index contributed by atoms with van der Waals surface area (Å²) < 4.78 is 39.9. The van der Waals surface area contributed by atoms with Gasteiger partial charge in [0.25, 0.3) is 5.69 Å². The summed E-state index contributed by atoms with van der Waals surface area (Å²) in [5.41, 5.74) is 2.86. The summed E-state index contributed by atoms with van der Waals surface area (Å²) in [6, 6.07) is 15.5. The van der Waals surface area contributed by atoms with E-state index >= 15 is 0 Å². The van der Waals surface area contributed by atoms with Gasteiger partial charge >= 0.3 is 6.18 Å². The number of piperazine rings is 1. The maximum Gasteiger partial charge on any atom is 0.423 e. The number of aromatic amines is 1. The van der Waals surface area contributed by atoms with Crippen LogP contribution in [0.1, 0.15) is 16.8 Å². The Balaban J connectivity index is 1.36. The van der Waals surface area contributed by atoms with Crippen LogP contribution in [0.25, 0.3) is 11.3 Å². The number of halogens is 3. The van der Waals surface area contributed by atoms with Crippen molar-refractivity contribution < 1.29 is 18.1 Å². The molecule has 0 bridgehead atoms. The van der Waals surface area contributed by atoms with E-state index in [-0.39, 0.29) is 0 Å². The molecule has 1 aromatic heterocycles. The zero-order chi connectivity index (χ0) is 23.6. The minimum Gasteiger partial charge on any atom is -0.369 e. The van der Waals surface area contributed by atoms with Gasteiger partial charge in [0.15, 0.2) is 0 Å². The second-order valence-electron chi connectivity index (χ2n) is 8.23. The fraction of sp³-hybridized carbons (Fsp3) is 0.333. The molecule has 0 atom stereocenters. The van der Waals surface area contributed by atoms with Crippen molar-refractivity contribution >= 4 is 11.4 Å². The quantitative estimate of drug-likeness (QED) is 0.403. The summed E-state index contributed by atoms with van der Waals surface area (Å²) in [4.78, 5) is 17.6. The molecule has 1 saturated heterocycles. The molecule has 2 aromatic carbocycles.